The molecular weight excluding hydrogens is 604 g/mol. The van der Waals surface area contributed by atoms with Crippen LogP contribution in [0.4, 0.5) is 70.2 Å². The lowest BCUT2D eigenvalue weighted by atomic mass is 9.89. The van der Waals surface area contributed by atoms with E-state index in [0.717, 1.165) is 36.4 Å². The van der Waals surface area contributed by atoms with Gasteiger partial charge in [0.2, 0.25) is 9.79 Å². The van der Waals surface area contributed by atoms with Crippen LogP contribution in [0.1, 0.15) is 0 Å². The normalized spacial score (nSPS) is 16.1. The number of para-hydroxylation sites is 2. The first kappa shape index (κ1) is 31.0. The van der Waals surface area contributed by atoms with Crippen molar-refractivity contribution in [3.8, 4) is 11.5 Å². The molecule has 0 amide bonds. The zero-order chi connectivity index (χ0) is 30.0. The monoisotopic (exact) mass is 615 g/mol. The summed E-state index contributed by atoms with van der Waals surface area (Å²) in [7, 11) is -2.42. The van der Waals surface area contributed by atoms with Crippen molar-refractivity contribution in [2.45, 2.75) is 57.7 Å². The van der Waals surface area contributed by atoms with Gasteiger partial charge in [-0.3, -0.25) is 0 Å². The van der Waals surface area contributed by atoms with E-state index in [-0.39, 0.29) is 21.3 Å². The van der Waals surface area contributed by atoms with Crippen molar-refractivity contribution in [3.63, 3.8) is 0 Å². The fraction of sp³-hybridized carbons (Fsp3) is 0.429. The number of rotatable bonds is 9. The smallest absolute Gasteiger partial charge is 0.385 e. The zero-order valence-corrected chi connectivity index (χ0v) is 19.1. The van der Waals surface area contributed by atoms with Crippen LogP contribution in [0.5, 0.6) is 11.5 Å². The maximum atomic E-state index is 14.7. The van der Waals surface area contributed by atoms with E-state index in [1.54, 1.807) is 0 Å². The minimum atomic E-state index is -8.41. The van der Waals surface area contributed by atoms with Gasteiger partial charge in [0.15, 0.2) is 17.3 Å². The summed E-state index contributed by atoms with van der Waals surface area (Å²) in [5, 5.41) is 0. The first-order valence-electron chi connectivity index (χ1n) is 9.98. The Hall–Kier alpha value is -2.53. The molecule has 0 radical (unpaired) electrons. The predicted molar refractivity (Wildman–Crippen MR) is 102 cm³/mol. The summed E-state index contributed by atoms with van der Waals surface area (Å²) in [5.41, 5.74) is 0. The molecule has 18 heteroatoms. The van der Waals surface area contributed by atoms with Gasteiger partial charge in [0.05, 0.1) is 10.9 Å². The minimum Gasteiger partial charge on any atom is -0.447 e. The average molecular weight is 615 g/mol. The van der Waals surface area contributed by atoms with Gasteiger partial charge in [-0.2, -0.15) is 61.5 Å². The van der Waals surface area contributed by atoms with Gasteiger partial charge in [-0.15, -0.1) is 0 Å². The van der Waals surface area contributed by atoms with Gasteiger partial charge in [-0.05, 0) is 24.3 Å². The summed E-state index contributed by atoms with van der Waals surface area (Å²) in [5.74, 6) is -57.6. The van der Waals surface area contributed by atoms with Crippen LogP contribution in [0.25, 0.3) is 0 Å². The summed E-state index contributed by atoms with van der Waals surface area (Å²) >= 11 is 0. The lowest BCUT2D eigenvalue weighted by molar-refractivity contribution is -0.445. The number of halogens is 16. The maximum Gasteiger partial charge on any atom is 0.385 e. The molecule has 0 bridgehead atoms. The molecule has 2 aromatic carbocycles. The molecule has 0 N–H and O–H groups in total. The molecule has 0 saturated carbocycles. The van der Waals surface area contributed by atoms with Gasteiger partial charge in [-0.1, -0.05) is 24.3 Å². The predicted octanol–water partition coefficient (Wildman–Crippen LogP) is 8.54. The molecule has 0 aromatic heterocycles. The van der Waals surface area contributed by atoms with Gasteiger partial charge in [0.25, 0.3) is 0 Å². The number of hydrogen-bond acceptors (Lipinski definition) is 1. The second-order valence-electron chi connectivity index (χ2n) is 8.03. The van der Waals surface area contributed by atoms with Crippen LogP contribution in [0.2, 0.25) is 0 Å². The second-order valence-corrected chi connectivity index (χ2v) is 9.98. The van der Waals surface area contributed by atoms with E-state index in [1.807, 2.05) is 0 Å². The average Bonchev–Trinajstić information content (AvgIpc) is 2.82. The van der Waals surface area contributed by atoms with Crippen molar-refractivity contribution in [3.05, 3.63) is 48.5 Å². The molecule has 2 aromatic rings. The van der Waals surface area contributed by atoms with Crippen LogP contribution < -0.4 is 4.74 Å². The molecule has 1 aliphatic rings. The third-order valence-corrected chi connectivity index (χ3v) is 7.89. The van der Waals surface area contributed by atoms with Gasteiger partial charge in [0, 0.05) is 0 Å². The number of hydrogen-bond donors (Lipinski definition) is 0. The van der Waals surface area contributed by atoms with Crippen molar-refractivity contribution in [2.24, 2.45) is 0 Å². The molecule has 0 fully saturated rings. The van der Waals surface area contributed by atoms with E-state index in [9.17, 15) is 70.2 Å². The Morgan fingerprint density at radius 2 is 0.897 bits per heavy atom. The molecule has 1 aliphatic heterocycles. The Morgan fingerprint density at radius 3 is 1.31 bits per heavy atom. The molecule has 0 aliphatic carbocycles. The Labute approximate surface area is 210 Å². The first-order valence-corrected chi connectivity index (χ1v) is 11.4. The molecular formula is C21H11F16OS+. The van der Waals surface area contributed by atoms with E-state index >= 15 is 0 Å². The lowest BCUT2D eigenvalue weighted by Gasteiger charge is -2.42. The van der Waals surface area contributed by atoms with Crippen molar-refractivity contribution in [1.29, 1.82) is 0 Å². The van der Waals surface area contributed by atoms with E-state index in [4.69, 9.17) is 4.74 Å². The molecule has 0 unspecified atom stereocenters. The number of benzene rings is 2. The van der Waals surface area contributed by atoms with Crippen molar-refractivity contribution >= 4 is 10.9 Å². The SMILES string of the molecule is FC(F)C(F)(F)C(F)(F)C(F)(F)C(F)(F)C(F)(F)C(F)(F)C(F)(F)C[S+]1c2ccccc2Oc2ccccc21. The second kappa shape index (κ2) is 9.26. The number of alkyl halides is 16. The highest BCUT2D eigenvalue weighted by Crippen LogP contribution is 2.63. The highest BCUT2D eigenvalue weighted by atomic mass is 32.2. The molecule has 3 rings (SSSR count). The minimum absolute atomic E-state index is 0.267. The van der Waals surface area contributed by atoms with Crippen molar-refractivity contribution < 1.29 is 75.0 Å². The molecule has 39 heavy (non-hydrogen) atoms. The Balaban J connectivity index is 2.08. The van der Waals surface area contributed by atoms with Crippen LogP contribution in [0.3, 0.4) is 0 Å². The Morgan fingerprint density at radius 1 is 0.538 bits per heavy atom. The largest absolute Gasteiger partial charge is 0.447 e. The summed E-state index contributed by atoms with van der Waals surface area (Å²) in [6.07, 6.45) is -5.88. The molecule has 0 atom stereocenters. The van der Waals surface area contributed by atoms with Crippen LogP contribution in [-0.4, -0.2) is 53.6 Å². The molecule has 218 valence electrons. The summed E-state index contributed by atoms with van der Waals surface area (Å²) in [4.78, 5) is -0.703. The van der Waals surface area contributed by atoms with E-state index in [1.165, 1.54) is 12.1 Å². The van der Waals surface area contributed by atoms with E-state index in [0.29, 0.717) is 0 Å². The lowest BCUT2D eigenvalue weighted by Crippen LogP contribution is -2.74. The molecule has 0 saturated heterocycles. The van der Waals surface area contributed by atoms with Gasteiger partial charge >= 0.3 is 47.9 Å². The van der Waals surface area contributed by atoms with Crippen molar-refractivity contribution in [2.75, 3.05) is 5.75 Å². The highest BCUT2D eigenvalue weighted by molar-refractivity contribution is 7.97. The molecule has 1 nitrogen and oxygen atoms in total. The maximum absolute atomic E-state index is 14.7. The van der Waals surface area contributed by atoms with Gasteiger partial charge in [0.1, 0.15) is 0 Å². The highest BCUT2D eigenvalue weighted by Gasteiger charge is 2.94. The topological polar surface area (TPSA) is 9.23 Å². The fourth-order valence-electron chi connectivity index (χ4n) is 3.31. The van der Waals surface area contributed by atoms with Crippen LogP contribution in [0.15, 0.2) is 58.3 Å². The Bertz CT molecular complexity index is 1170. The third kappa shape index (κ3) is 4.27. The Kier molecular flexibility index (Phi) is 7.36. The van der Waals surface area contributed by atoms with Crippen LogP contribution >= 0.6 is 0 Å². The fourth-order valence-corrected chi connectivity index (χ4v) is 5.59. The summed E-state index contributed by atoms with van der Waals surface area (Å²) in [6, 6.07) is 9.08. The third-order valence-electron chi connectivity index (χ3n) is 5.50. The summed E-state index contributed by atoms with van der Waals surface area (Å²) in [6.45, 7) is 0. The zero-order valence-electron chi connectivity index (χ0n) is 18.3. The van der Waals surface area contributed by atoms with Crippen LogP contribution in [-0.2, 0) is 10.9 Å². The van der Waals surface area contributed by atoms with Gasteiger partial charge in [-0.25, -0.2) is 8.78 Å². The van der Waals surface area contributed by atoms with E-state index in [2.05, 4.69) is 0 Å². The molecule has 0 spiro atoms. The first-order chi connectivity index (χ1) is 17.5. The standard InChI is InChI=1S/C21H11F16OS/c22-14(23)16(26,27)18(30,31)20(34,35)21(36,37)19(32,33)17(28,29)15(24,25)9-39-12-7-3-1-5-10(12)38-11-6-2-4-8-13(11)39/h1-8,14H,9H2/q+1. The van der Waals surface area contributed by atoms with Crippen molar-refractivity contribution in [1.82, 2.24) is 0 Å². The van der Waals surface area contributed by atoms with Crippen LogP contribution in [0, 0.1) is 0 Å². The number of fused-ring (bicyclic) bond motifs is 2. The molecule has 1 heterocycles. The van der Waals surface area contributed by atoms with Gasteiger partial charge < -0.3 is 4.74 Å². The quantitative estimate of drug-likeness (QED) is 0.203. The number of ether oxygens (including phenoxy) is 1. The summed E-state index contributed by atoms with van der Waals surface area (Å²) < 4.78 is 225. The van der Waals surface area contributed by atoms with E-state index < -0.39 is 64.5 Å².